The highest BCUT2D eigenvalue weighted by molar-refractivity contribution is 9.10. The lowest BCUT2D eigenvalue weighted by atomic mass is 10.1. The molecule has 0 aromatic heterocycles. The number of rotatable bonds is 1. The molecule has 0 bridgehead atoms. The van der Waals surface area contributed by atoms with E-state index in [2.05, 4.69) is 20.2 Å². The van der Waals surface area contributed by atoms with E-state index in [1.165, 1.54) is 0 Å². The first-order valence-corrected chi connectivity index (χ1v) is 4.34. The number of aryl methyl sites for hydroxylation is 1. The van der Waals surface area contributed by atoms with Crippen LogP contribution in [0, 0.1) is 6.92 Å². The summed E-state index contributed by atoms with van der Waals surface area (Å²) in [4.78, 5) is 11.0. The molecule has 0 aliphatic heterocycles. The third-order valence-electron chi connectivity index (χ3n) is 1.41. The van der Waals surface area contributed by atoms with Crippen LogP contribution in [0.25, 0.3) is 0 Å². The first-order valence-electron chi connectivity index (χ1n) is 3.24. The number of halogens is 2. The fraction of sp³-hybridized carbons (Fsp3) is 0.125. The summed E-state index contributed by atoms with van der Waals surface area (Å²) in [5.41, 5.74) is 1.42. The fourth-order valence-electron chi connectivity index (χ4n) is 0.837. The molecule has 64 valence electrons. The molecule has 1 aromatic carbocycles. The van der Waals surface area contributed by atoms with Gasteiger partial charge in [-0.2, -0.15) is 0 Å². The van der Waals surface area contributed by atoms with E-state index in [1.807, 2.05) is 13.0 Å². The Kier molecular flexibility index (Phi) is 3.12. The molecule has 0 saturated heterocycles. The lowest BCUT2D eigenvalue weighted by molar-refractivity contribution is 0.0750. The normalized spacial score (nSPS) is 9.58. The SMILES string of the molecule is Cc1ccc(Br)c(C(=O)OCl)c1. The summed E-state index contributed by atoms with van der Waals surface area (Å²) in [6, 6.07) is 5.36. The van der Waals surface area contributed by atoms with Crippen molar-refractivity contribution in [2.45, 2.75) is 6.92 Å². The van der Waals surface area contributed by atoms with Gasteiger partial charge in [0.25, 0.3) is 0 Å². The Hall–Kier alpha value is -0.540. The van der Waals surface area contributed by atoms with Crippen molar-refractivity contribution in [3.63, 3.8) is 0 Å². The molecule has 0 unspecified atom stereocenters. The second-order valence-corrected chi connectivity index (χ2v) is 3.36. The summed E-state index contributed by atoms with van der Waals surface area (Å²) in [5, 5.41) is 0. The van der Waals surface area contributed by atoms with Crippen LogP contribution in [0.3, 0.4) is 0 Å². The van der Waals surface area contributed by atoms with Crippen molar-refractivity contribution >= 4 is 33.8 Å². The Morgan fingerprint density at radius 2 is 2.25 bits per heavy atom. The van der Waals surface area contributed by atoms with Crippen LogP contribution in [0.5, 0.6) is 0 Å². The molecular formula is C8H6BrClO2. The van der Waals surface area contributed by atoms with Crippen LogP contribution in [0.4, 0.5) is 0 Å². The van der Waals surface area contributed by atoms with Crippen LogP contribution in [-0.2, 0) is 4.29 Å². The first-order chi connectivity index (χ1) is 5.65. The van der Waals surface area contributed by atoms with Gasteiger partial charge in [-0.1, -0.05) is 11.6 Å². The van der Waals surface area contributed by atoms with E-state index in [4.69, 9.17) is 11.9 Å². The lowest BCUT2D eigenvalue weighted by Crippen LogP contribution is -1.99. The quantitative estimate of drug-likeness (QED) is 0.764. The van der Waals surface area contributed by atoms with Crippen LogP contribution in [0.1, 0.15) is 15.9 Å². The molecule has 1 rings (SSSR count). The smallest absolute Gasteiger partial charge is 0.343 e. The Morgan fingerprint density at radius 1 is 1.58 bits per heavy atom. The molecule has 0 atom stereocenters. The van der Waals surface area contributed by atoms with Crippen LogP contribution < -0.4 is 0 Å². The Morgan fingerprint density at radius 3 is 2.83 bits per heavy atom. The van der Waals surface area contributed by atoms with Crippen molar-refractivity contribution in [1.29, 1.82) is 0 Å². The molecule has 0 aliphatic rings. The topological polar surface area (TPSA) is 26.3 Å². The van der Waals surface area contributed by atoms with E-state index >= 15 is 0 Å². The molecule has 4 heteroatoms. The zero-order valence-corrected chi connectivity index (χ0v) is 8.65. The van der Waals surface area contributed by atoms with E-state index in [1.54, 1.807) is 12.1 Å². The number of carbonyl (C=O) groups is 1. The van der Waals surface area contributed by atoms with Gasteiger partial charge in [-0.05, 0) is 35.0 Å². The molecular weight excluding hydrogens is 243 g/mol. The standard InChI is InChI=1S/C8H6BrClO2/c1-5-2-3-7(9)6(4-5)8(11)12-10/h2-4H,1H3. The minimum absolute atomic E-state index is 0.435. The molecule has 12 heavy (non-hydrogen) atoms. The molecule has 0 heterocycles. The summed E-state index contributed by atoms with van der Waals surface area (Å²) in [5.74, 6) is -0.549. The van der Waals surface area contributed by atoms with Crippen LogP contribution >= 0.6 is 27.8 Å². The van der Waals surface area contributed by atoms with E-state index in [0.29, 0.717) is 10.0 Å². The number of carbonyl (C=O) groups excluding carboxylic acids is 1. The minimum atomic E-state index is -0.549. The van der Waals surface area contributed by atoms with Crippen molar-refractivity contribution in [1.82, 2.24) is 0 Å². The zero-order chi connectivity index (χ0) is 9.14. The molecule has 0 N–H and O–H groups in total. The van der Waals surface area contributed by atoms with Gasteiger partial charge in [-0.3, -0.25) is 0 Å². The van der Waals surface area contributed by atoms with Crippen molar-refractivity contribution < 1.29 is 9.08 Å². The Bertz CT molecular complexity index is 312. The van der Waals surface area contributed by atoms with Gasteiger partial charge in [-0.25, -0.2) is 4.79 Å². The molecule has 0 fully saturated rings. The monoisotopic (exact) mass is 248 g/mol. The van der Waals surface area contributed by atoms with Crippen molar-refractivity contribution in [3.8, 4) is 0 Å². The highest BCUT2D eigenvalue weighted by atomic mass is 79.9. The van der Waals surface area contributed by atoms with Crippen LogP contribution in [-0.4, -0.2) is 5.97 Å². The summed E-state index contributed by atoms with van der Waals surface area (Å²) < 4.78 is 4.75. The van der Waals surface area contributed by atoms with Gasteiger partial charge in [0, 0.05) is 4.47 Å². The second kappa shape index (κ2) is 3.92. The van der Waals surface area contributed by atoms with Crippen molar-refractivity contribution in [2.24, 2.45) is 0 Å². The lowest BCUT2D eigenvalue weighted by Gasteiger charge is -2.00. The van der Waals surface area contributed by atoms with Crippen molar-refractivity contribution in [3.05, 3.63) is 33.8 Å². The largest absolute Gasteiger partial charge is 0.357 e. The van der Waals surface area contributed by atoms with E-state index in [-0.39, 0.29) is 0 Å². The molecule has 0 aliphatic carbocycles. The van der Waals surface area contributed by atoms with Crippen LogP contribution in [0.2, 0.25) is 0 Å². The number of hydrogen-bond acceptors (Lipinski definition) is 2. The Labute approximate surface area is 83.8 Å². The molecule has 0 radical (unpaired) electrons. The van der Waals surface area contributed by atoms with Crippen molar-refractivity contribution in [2.75, 3.05) is 0 Å². The minimum Gasteiger partial charge on any atom is -0.343 e. The molecule has 0 amide bonds. The molecule has 0 saturated carbocycles. The third kappa shape index (κ3) is 1.99. The first kappa shape index (κ1) is 9.55. The Balaban J connectivity index is 3.13. The van der Waals surface area contributed by atoms with Gasteiger partial charge in [0.05, 0.1) is 5.56 Å². The summed E-state index contributed by atoms with van der Waals surface area (Å²) >= 11 is 8.15. The summed E-state index contributed by atoms with van der Waals surface area (Å²) in [6.07, 6.45) is 0. The van der Waals surface area contributed by atoms with Crippen LogP contribution in [0.15, 0.2) is 22.7 Å². The van der Waals surface area contributed by atoms with Gasteiger partial charge < -0.3 is 4.29 Å². The highest BCUT2D eigenvalue weighted by Gasteiger charge is 2.10. The van der Waals surface area contributed by atoms with Gasteiger partial charge in [0.15, 0.2) is 0 Å². The maximum atomic E-state index is 11.0. The summed E-state index contributed by atoms with van der Waals surface area (Å²) in [7, 11) is 0. The fourth-order valence-corrected chi connectivity index (χ4v) is 1.33. The van der Waals surface area contributed by atoms with Gasteiger partial charge >= 0.3 is 5.97 Å². The number of hydrogen-bond donors (Lipinski definition) is 0. The van der Waals surface area contributed by atoms with Gasteiger partial charge in [0.2, 0.25) is 0 Å². The number of benzene rings is 1. The maximum Gasteiger partial charge on any atom is 0.357 e. The second-order valence-electron chi connectivity index (χ2n) is 2.35. The van der Waals surface area contributed by atoms with Gasteiger partial charge in [0.1, 0.15) is 11.9 Å². The highest BCUT2D eigenvalue weighted by Crippen LogP contribution is 2.19. The maximum absolute atomic E-state index is 11.0. The summed E-state index contributed by atoms with van der Waals surface area (Å²) in [6.45, 7) is 1.89. The average Bonchev–Trinajstić information content (AvgIpc) is 2.08. The molecule has 0 spiro atoms. The molecule has 2 nitrogen and oxygen atoms in total. The predicted molar refractivity (Wildman–Crippen MR) is 50.1 cm³/mol. The average molecular weight is 249 g/mol. The molecule has 1 aromatic rings. The predicted octanol–water partition coefficient (Wildman–Crippen LogP) is 3.07. The van der Waals surface area contributed by atoms with E-state index in [0.717, 1.165) is 5.56 Å². The third-order valence-corrected chi connectivity index (χ3v) is 2.24. The zero-order valence-electron chi connectivity index (χ0n) is 6.30. The van der Waals surface area contributed by atoms with E-state index in [9.17, 15) is 4.79 Å². The van der Waals surface area contributed by atoms with Gasteiger partial charge in [-0.15, -0.1) is 0 Å². The van der Waals surface area contributed by atoms with E-state index < -0.39 is 5.97 Å².